The summed E-state index contributed by atoms with van der Waals surface area (Å²) in [6.45, 7) is 3.35. The fraction of sp³-hybridized carbons (Fsp3) is 0.833. The van der Waals surface area contributed by atoms with Crippen LogP contribution in [0.5, 0.6) is 0 Å². The Kier molecular flexibility index (Phi) is 3.22. The number of carboxylic acids is 1. The third-order valence-corrected chi connectivity index (χ3v) is 4.09. The average Bonchev–Trinajstić information content (AvgIpc) is 3.10. The van der Waals surface area contributed by atoms with Gasteiger partial charge < -0.3 is 5.11 Å². The Morgan fingerprint density at radius 3 is 2.89 bits per heavy atom. The number of carboxylic acid groups (broad SMARTS) is 1. The highest BCUT2D eigenvalue weighted by Gasteiger charge is 2.36. The lowest BCUT2D eigenvalue weighted by Crippen LogP contribution is -2.49. The first-order valence-corrected chi connectivity index (χ1v) is 6.90. The van der Waals surface area contributed by atoms with Gasteiger partial charge in [0.05, 0.1) is 12.6 Å². The lowest BCUT2D eigenvalue weighted by Gasteiger charge is -2.36. The van der Waals surface area contributed by atoms with Crippen molar-refractivity contribution in [2.45, 2.75) is 51.2 Å². The first-order valence-electron chi connectivity index (χ1n) is 6.90. The number of aliphatic carboxylic acids is 1. The van der Waals surface area contributed by atoms with E-state index in [1.165, 1.54) is 0 Å². The van der Waals surface area contributed by atoms with Gasteiger partial charge in [-0.15, -0.1) is 5.10 Å². The van der Waals surface area contributed by atoms with Crippen molar-refractivity contribution in [1.29, 1.82) is 0 Å². The fourth-order valence-corrected chi connectivity index (χ4v) is 2.95. The summed E-state index contributed by atoms with van der Waals surface area (Å²) in [5, 5.41) is 21.2. The summed E-state index contributed by atoms with van der Waals surface area (Å²) < 4.78 is 1.86. The molecule has 2 aliphatic rings. The highest BCUT2D eigenvalue weighted by Crippen LogP contribution is 2.35. The van der Waals surface area contributed by atoms with Gasteiger partial charge in [-0.3, -0.25) is 9.69 Å². The average molecular weight is 265 g/mol. The van der Waals surface area contributed by atoms with Crippen LogP contribution < -0.4 is 0 Å². The summed E-state index contributed by atoms with van der Waals surface area (Å²) in [7, 11) is 0. The van der Waals surface area contributed by atoms with Crippen LogP contribution in [0, 0.1) is 5.92 Å². The number of aromatic nitrogens is 4. The van der Waals surface area contributed by atoms with E-state index in [1.807, 2.05) is 16.5 Å². The molecule has 1 aromatic rings. The van der Waals surface area contributed by atoms with Crippen molar-refractivity contribution in [2.75, 3.05) is 6.54 Å². The summed E-state index contributed by atoms with van der Waals surface area (Å²) in [6, 6.07) is 0.00796. The predicted molar refractivity (Wildman–Crippen MR) is 66.3 cm³/mol. The summed E-state index contributed by atoms with van der Waals surface area (Å²) in [5.41, 5.74) is 0. The molecule has 1 aromatic heterocycles. The molecule has 1 aliphatic heterocycles. The minimum atomic E-state index is -0.738. The first-order chi connectivity index (χ1) is 9.16. The molecule has 7 heteroatoms. The largest absolute Gasteiger partial charge is 0.480 e. The van der Waals surface area contributed by atoms with Gasteiger partial charge in [0.25, 0.3) is 0 Å². The Balaban J connectivity index is 1.76. The molecular weight excluding hydrogens is 246 g/mol. The molecule has 0 spiro atoms. The van der Waals surface area contributed by atoms with Crippen molar-refractivity contribution in [3.05, 3.63) is 5.82 Å². The molecule has 2 unspecified atom stereocenters. The van der Waals surface area contributed by atoms with E-state index in [0.717, 1.165) is 38.1 Å². The Morgan fingerprint density at radius 2 is 2.21 bits per heavy atom. The molecule has 2 atom stereocenters. The van der Waals surface area contributed by atoms with E-state index < -0.39 is 12.0 Å². The van der Waals surface area contributed by atoms with Crippen LogP contribution in [0.2, 0.25) is 0 Å². The summed E-state index contributed by atoms with van der Waals surface area (Å²) in [6.07, 6.45) is 4.25. The normalized spacial score (nSPS) is 28.5. The van der Waals surface area contributed by atoms with Gasteiger partial charge in [-0.05, 0) is 48.6 Å². The molecular formula is C12H19N5O2. The zero-order valence-electron chi connectivity index (χ0n) is 11.1. The molecule has 7 nitrogen and oxygen atoms in total. The summed E-state index contributed by atoms with van der Waals surface area (Å²) >= 11 is 0. The van der Waals surface area contributed by atoms with Gasteiger partial charge >= 0.3 is 5.97 Å². The standard InChI is InChI=1S/C12H19N5O2/c1-8-3-2-6-16(11(8)12(18)19)7-10-13-14-15-17(10)9-4-5-9/h8-9,11H,2-7H2,1H3,(H,18,19). The maximum Gasteiger partial charge on any atom is 0.321 e. The number of tetrazole rings is 1. The number of carbonyl (C=O) groups is 1. The zero-order valence-corrected chi connectivity index (χ0v) is 11.1. The van der Waals surface area contributed by atoms with Crippen LogP contribution in [0.1, 0.15) is 44.5 Å². The van der Waals surface area contributed by atoms with Crippen molar-refractivity contribution in [2.24, 2.45) is 5.92 Å². The van der Waals surface area contributed by atoms with Crippen molar-refractivity contribution >= 4 is 5.97 Å². The van der Waals surface area contributed by atoms with Crippen LogP contribution >= 0.6 is 0 Å². The quantitative estimate of drug-likeness (QED) is 0.862. The molecule has 1 aliphatic carbocycles. The molecule has 2 fully saturated rings. The molecule has 1 saturated carbocycles. The predicted octanol–water partition coefficient (Wildman–Crippen LogP) is 0.693. The highest BCUT2D eigenvalue weighted by atomic mass is 16.4. The molecule has 0 bridgehead atoms. The van der Waals surface area contributed by atoms with Crippen molar-refractivity contribution in [3.63, 3.8) is 0 Å². The first kappa shape index (κ1) is 12.5. The van der Waals surface area contributed by atoms with E-state index >= 15 is 0 Å². The van der Waals surface area contributed by atoms with Gasteiger partial charge in [0.2, 0.25) is 0 Å². The van der Waals surface area contributed by atoms with Crippen LogP contribution in [0.25, 0.3) is 0 Å². The van der Waals surface area contributed by atoms with Crippen molar-refractivity contribution in [1.82, 2.24) is 25.1 Å². The van der Waals surface area contributed by atoms with E-state index in [2.05, 4.69) is 15.5 Å². The third kappa shape index (κ3) is 2.47. The Hall–Kier alpha value is -1.50. The Morgan fingerprint density at radius 1 is 1.42 bits per heavy atom. The topological polar surface area (TPSA) is 84.1 Å². The Labute approximate surface area is 111 Å². The number of hydrogen-bond acceptors (Lipinski definition) is 5. The third-order valence-electron chi connectivity index (χ3n) is 4.09. The number of rotatable bonds is 4. The van der Waals surface area contributed by atoms with Crippen molar-refractivity contribution in [3.8, 4) is 0 Å². The second kappa shape index (κ2) is 4.88. The highest BCUT2D eigenvalue weighted by molar-refractivity contribution is 5.74. The fourth-order valence-electron chi connectivity index (χ4n) is 2.95. The van der Waals surface area contributed by atoms with Gasteiger partial charge in [-0.25, -0.2) is 4.68 Å². The maximum absolute atomic E-state index is 11.4. The smallest absolute Gasteiger partial charge is 0.321 e. The summed E-state index contributed by atoms with van der Waals surface area (Å²) in [5.74, 6) is 0.233. The van der Waals surface area contributed by atoms with E-state index in [1.54, 1.807) is 0 Å². The minimum absolute atomic E-state index is 0.177. The van der Waals surface area contributed by atoms with Gasteiger partial charge in [0, 0.05) is 0 Å². The SMILES string of the molecule is CC1CCCN(Cc2nnnn2C2CC2)C1C(=O)O. The van der Waals surface area contributed by atoms with Gasteiger partial charge in [0.15, 0.2) is 5.82 Å². The molecule has 19 heavy (non-hydrogen) atoms. The van der Waals surface area contributed by atoms with E-state index in [-0.39, 0.29) is 5.92 Å². The molecule has 2 heterocycles. The second-order valence-corrected chi connectivity index (χ2v) is 5.64. The Bertz CT molecular complexity index is 470. The monoisotopic (exact) mass is 265 g/mol. The molecule has 0 amide bonds. The van der Waals surface area contributed by atoms with Crippen LogP contribution in [0.15, 0.2) is 0 Å². The molecule has 3 rings (SSSR count). The van der Waals surface area contributed by atoms with Crippen LogP contribution in [0.4, 0.5) is 0 Å². The minimum Gasteiger partial charge on any atom is -0.480 e. The van der Waals surface area contributed by atoms with Gasteiger partial charge in [-0.2, -0.15) is 0 Å². The van der Waals surface area contributed by atoms with E-state index in [9.17, 15) is 9.90 Å². The summed E-state index contributed by atoms with van der Waals surface area (Å²) in [4.78, 5) is 13.4. The van der Waals surface area contributed by atoms with E-state index in [4.69, 9.17) is 0 Å². The molecule has 104 valence electrons. The number of nitrogens with zero attached hydrogens (tertiary/aromatic N) is 5. The number of hydrogen-bond donors (Lipinski definition) is 1. The maximum atomic E-state index is 11.4. The molecule has 1 N–H and O–H groups in total. The lowest BCUT2D eigenvalue weighted by atomic mass is 9.91. The van der Waals surface area contributed by atoms with E-state index in [0.29, 0.717) is 12.6 Å². The van der Waals surface area contributed by atoms with Gasteiger partial charge in [0.1, 0.15) is 6.04 Å². The number of likely N-dealkylation sites (tertiary alicyclic amines) is 1. The van der Waals surface area contributed by atoms with Gasteiger partial charge in [-0.1, -0.05) is 6.92 Å². The van der Waals surface area contributed by atoms with Crippen LogP contribution in [0.3, 0.4) is 0 Å². The second-order valence-electron chi connectivity index (χ2n) is 5.64. The zero-order chi connectivity index (χ0) is 13.4. The number of piperidine rings is 1. The molecule has 0 aromatic carbocycles. The lowest BCUT2D eigenvalue weighted by molar-refractivity contribution is -0.147. The van der Waals surface area contributed by atoms with Crippen LogP contribution in [-0.4, -0.2) is 48.8 Å². The van der Waals surface area contributed by atoms with Crippen LogP contribution in [-0.2, 0) is 11.3 Å². The van der Waals surface area contributed by atoms with Crippen molar-refractivity contribution < 1.29 is 9.90 Å². The molecule has 1 saturated heterocycles. The molecule has 0 radical (unpaired) electrons.